The van der Waals surface area contributed by atoms with E-state index in [2.05, 4.69) is 32.2 Å². The van der Waals surface area contributed by atoms with Gasteiger partial charge in [-0.2, -0.15) is 0 Å². The summed E-state index contributed by atoms with van der Waals surface area (Å²) >= 11 is 0. The van der Waals surface area contributed by atoms with Crippen LogP contribution in [0, 0.1) is 23.2 Å². The average Bonchev–Trinajstić information content (AvgIpc) is 3.12. The van der Waals surface area contributed by atoms with Gasteiger partial charge in [0.1, 0.15) is 0 Å². The first-order valence-corrected chi connectivity index (χ1v) is 9.06. The molecule has 3 heteroatoms. The minimum absolute atomic E-state index is 0.348. The van der Waals surface area contributed by atoms with Gasteiger partial charge < -0.3 is 4.74 Å². The molecule has 2 aromatic carbocycles. The molecule has 2 aliphatic rings. The molecule has 1 N–H and O–H groups in total. The lowest BCUT2D eigenvalue weighted by molar-refractivity contribution is 0.142. The van der Waals surface area contributed by atoms with Gasteiger partial charge in [-0.05, 0) is 42.0 Å². The first-order valence-electron chi connectivity index (χ1n) is 9.06. The van der Waals surface area contributed by atoms with Gasteiger partial charge in [0.25, 0.3) is 0 Å². The maximum Gasteiger partial charge on any atom is 0.411 e. The largest absolute Gasteiger partial charge is 0.449 e. The van der Waals surface area contributed by atoms with E-state index in [0.717, 1.165) is 28.8 Å². The molecule has 1 saturated carbocycles. The second-order valence-electron chi connectivity index (χ2n) is 8.05. The van der Waals surface area contributed by atoms with Crippen molar-refractivity contribution in [1.29, 1.82) is 0 Å². The minimum atomic E-state index is -0.374. The highest BCUT2D eigenvalue weighted by molar-refractivity contribution is 6.00. The zero-order chi connectivity index (χ0) is 17.6. The minimum Gasteiger partial charge on any atom is -0.449 e. The van der Waals surface area contributed by atoms with Gasteiger partial charge in [0.2, 0.25) is 0 Å². The Labute approximate surface area is 149 Å². The highest BCUT2D eigenvalue weighted by Crippen LogP contribution is 2.64. The number of carbonyl (C=O) groups excluding carboxylic acids is 1. The van der Waals surface area contributed by atoms with Gasteiger partial charge in [-0.25, -0.2) is 4.79 Å². The van der Waals surface area contributed by atoms with Crippen molar-refractivity contribution in [3.8, 4) is 0 Å². The molecule has 1 amide bonds. The fraction of sp³-hybridized carbons (Fsp3) is 0.409. The molecule has 0 aromatic heterocycles. The van der Waals surface area contributed by atoms with Crippen LogP contribution in [0.15, 0.2) is 54.1 Å². The lowest BCUT2D eigenvalue weighted by Gasteiger charge is -2.21. The van der Waals surface area contributed by atoms with Crippen LogP contribution in [0.3, 0.4) is 0 Å². The first kappa shape index (κ1) is 16.2. The number of hydrogen-bond donors (Lipinski definition) is 1. The molecule has 2 aliphatic carbocycles. The molecule has 0 aliphatic heterocycles. The average molecular weight is 335 g/mol. The SMILES string of the molecule is CC1=C[C@@H]2[C@@H](C[C@@H]1COC(=O)Nc1cccc3ccccc13)C2(C)C. The van der Waals surface area contributed by atoms with Crippen LogP contribution in [0.2, 0.25) is 0 Å². The van der Waals surface area contributed by atoms with Gasteiger partial charge in [-0.3, -0.25) is 5.32 Å². The number of nitrogens with one attached hydrogen (secondary N) is 1. The van der Waals surface area contributed by atoms with Gasteiger partial charge in [-0.1, -0.05) is 61.9 Å². The molecule has 3 atom stereocenters. The number of hydrogen-bond acceptors (Lipinski definition) is 2. The molecule has 0 unspecified atom stereocenters. The van der Waals surface area contributed by atoms with E-state index in [9.17, 15) is 4.79 Å². The predicted molar refractivity (Wildman–Crippen MR) is 102 cm³/mol. The standard InChI is InChI=1S/C22H25NO2/c1-14-11-18-19(22(18,2)3)12-16(14)13-25-21(24)23-20-10-6-8-15-7-4-5-9-17(15)20/h4-11,16,18-19H,12-13H2,1-3H3,(H,23,24)/t16-,18-,19-/m1/s1. The van der Waals surface area contributed by atoms with Crippen molar-refractivity contribution < 1.29 is 9.53 Å². The maximum atomic E-state index is 12.3. The van der Waals surface area contributed by atoms with Crippen molar-refractivity contribution in [3.63, 3.8) is 0 Å². The third kappa shape index (κ3) is 2.92. The molecular weight excluding hydrogens is 310 g/mol. The van der Waals surface area contributed by atoms with E-state index in [-0.39, 0.29) is 6.09 Å². The monoisotopic (exact) mass is 335 g/mol. The van der Waals surface area contributed by atoms with E-state index < -0.39 is 0 Å². The van der Waals surface area contributed by atoms with Crippen molar-refractivity contribution in [2.24, 2.45) is 23.2 Å². The zero-order valence-electron chi connectivity index (χ0n) is 15.1. The van der Waals surface area contributed by atoms with Crippen LogP contribution in [0.5, 0.6) is 0 Å². The van der Waals surface area contributed by atoms with E-state index in [0.29, 0.717) is 23.9 Å². The van der Waals surface area contributed by atoms with Crippen molar-refractivity contribution in [3.05, 3.63) is 54.1 Å². The second-order valence-corrected chi connectivity index (χ2v) is 8.05. The summed E-state index contributed by atoms with van der Waals surface area (Å²) in [6.45, 7) is 7.30. The summed E-state index contributed by atoms with van der Waals surface area (Å²) in [5.41, 5.74) is 2.58. The Balaban J connectivity index is 1.38. The number of benzene rings is 2. The molecule has 0 bridgehead atoms. The molecule has 1 fully saturated rings. The third-order valence-electron chi connectivity index (χ3n) is 6.21. The van der Waals surface area contributed by atoms with E-state index in [1.54, 1.807) is 0 Å². The van der Waals surface area contributed by atoms with E-state index in [1.807, 2.05) is 42.5 Å². The van der Waals surface area contributed by atoms with Crippen molar-refractivity contribution in [1.82, 2.24) is 0 Å². The van der Waals surface area contributed by atoms with E-state index in [1.165, 1.54) is 5.57 Å². The van der Waals surface area contributed by atoms with Crippen LogP contribution in [-0.4, -0.2) is 12.7 Å². The van der Waals surface area contributed by atoms with Gasteiger partial charge in [-0.15, -0.1) is 0 Å². The smallest absolute Gasteiger partial charge is 0.411 e. The number of fused-ring (bicyclic) bond motifs is 2. The summed E-state index contributed by atoms with van der Waals surface area (Å²) in [7, 11) is 0. The highest BCUT2D eigenvalue weighted by Gasteiger charge is 2.58. The molecule has 0 radical (unpaired) electrons. The normalized spacial score (nSPS) is 26.5. The number of rotatable bonds is 3. The molecule has 130 valence electrons. The van der Waals surface area contributed by atoms with Crippen molar-refractivity contribution in [2.75, 3.05) is 11.9 Å². The molecule has 2 aromatic rings. The second kappa shape index (κ2) is 5.91. The van der Waals surface area contributed by atoms with Crippen LogP contribution < -0.4 is 5.32 Å². The Morgan fingerprint density at radius 2 is 1.96 bits per heavy atom. The molecule has 25 heavy (non-hydrogen) atoms. The summed E-state index contributed by atoms with van der Waals surface area (Å²) in [5, 5.41) is 5.03. The van der Waals surface area contributed by atoms with Gasteiger partial charge >= 0.3 is 6.09 Å². The summed E-state index contributed by atoms with van der Waals surface area (Å²) < 4.78 is 5.55. The molecule has 3 nitrogen and oxygen atoms in total. The fourth-order valence-electron chi connectivity index (χ4n) is 4.34. The first-order chi connectivity index (χ1) is 12.0. The van der Waals surface area contributed by atoms with E-state index >= 15 is 0 Å². The summed E-state index contributed by atoms with van der Waals surface area (Å²) in [6, 6.07) is 13.9. The molecule has 0 heterocycles. The summed E-state index contributed by atoms with van der Waals surface area (Å²) in [5.74, 6) is 1.81. The lowest BCUT2D eigenvalue weighted by Crippen LogP contribution is -2.21. The van der Waals surface area contributed by atoms with Crippen LogP contribution in [0.4, 0.5) is 10.5 Å². The topological polar surface area (TPSA) is 38.3 Å². The van der Waals surface area contributed by atoms with Crippen LogP contribution in [0.25, 0.3) is 10.8 Å². The van der Waals surface area contributed by atoms with Crippen LogP contribution in [0.1, 0.15) is 27.2 Å². The lowest BCUT2D eigenvalue weighted by atomic mass is 9.89. The molecular formula is C22H25NO2. The number of allylic oxidation sites excluding steroid dienone is 1. The Hall–Kier alpha value is -2.29. The van der Waals surface area contributed by atoms with Gasteiger partial charge in [0.05, 0.1) is 12.3 Å². The number of amides is 1. The number of carbonyl (C=O) groups is 1. The van der Waals surface area contributed by atoms with Gasteiger partial charge in [0.15, 0.2) is 0 Å². The van der Waals surface area contributed by atoms with Crippen LogP contribution >= 0.6 is 0 Å². The van der Waals surface area contributed by atoms with Crippen LogP contribution in [-0.2, 0) is 4.74 Å². The maximum absolute atomic E-state index is 12.3. The Morgan fingerprint density at radius 1 is 1.20 bits per heavy atom. The highest BCUT2D eigenvalue weighted by atomic mass is 16.5. The Bertz CT molecular complexity index is 847. The number of ether oxygens (including phenoxy) is 1. The number of anilines is 1. The Kier molecular flexibility index (Phi) is 3.82. The molecule has 4 rings (SSSR count). The molecule has 0 spiro atoms. The quantitative estimate of drug-likeness (QED) is 0.739. The molecule has 0 saturated heterocycles. The summed E-state index contributed by atoms with van der Waals surface area (Å²) in [4.78, 5) is 12.3. The van der Waals surface area contributed by atoms with E-state index in [4.69, 9.17) is 4.74 Å². The predicted octanol–water partition coefficient (Wildman–Crippen LogP) is 5.63. The summed E-state index contributed by atoms with van der Waals surface area (Å²) in [6.07, 6.45) is 3.15. The van der Waals surface area contributed by atoms with Crippen molar-refractivity contribution in [2.45, 2.75) is 27.2 Å². The van der Waals surface area contributed by atoms with Gasteiger partial charge in [0, 0.05) is 11.3 Å². The van der Waals surface area contributed by atoms with Crippen molar-refractivity contribution >= 4 is 22.6 Å². The fourth-order valence-corrected chi connectivity index (χ4v) is 4.34. The zero-order valence-corrected chi connectivity index (χ0v) is 15.1. The third-order valence-corrected chi connectivity index (χ3v) is 6.21. The Morgan fingerprint density at radius 3 is 2.80 bits per heavy atom.